The molecule has 0 heterocycles. The fourth-order valence-corrected chi connectivity index (χ4v) is 4.49. The Hall–Kier alpha value is -1.70. The second kappa shape index (κ2) is 8.54. The number of carbonyl (C=O) groups is 1. The average molecular weight is 451 g/mol. The molecule has 27 heavy (non-hydrogen) atoms. The minimum Gasteiger partial charge on any atom is -0.355 e. The molecule has 3 rings (SSSR count). The molecule has 144 valence electrons. The lowest BCUT2D eigenvalue weighted by molar-refractivity contribution is 0.0963. The first-order valence-electron chi connectivity index (χ1n) is 8.92. The van der Waals surface area contributed by atoms with E-state index in [1.54, 1.807) is 43.4 Å². The Labute approximate surface area is 168 Å². The lowest BCUT2D eigenvalue weighted by Gasteiger charge is -2.22. The molecule has 1 amide bonds. The number of amides is 1. The maximum atomic E-state index is 12.6. The molecule has 0 unspecified atom stereocenters. The van der Waals surface area contributed by atoms with Gasteiger partial charge in [-0.15, -0.1) is 0 Å². The number of nitrogens with zero attached hydrogens (tertiary/aromatic N) is 1. The van der Waals surface area contributed by atoms with Crippen molar-refractivity contribution < 1.29 is 13.2 Å². The van der Waals surface area contributed by atoms with Gasteiger partial charge in [-0.1, -0.05) is 28.1 Å². The summed E-state index contributed by atoms with van der Waals surface area (Å²) >= 11 is 3.33. The smallest absolute Gasteiger partial charge is 0.251 e. The van der Waals surface area contributed by atoms with Crippen molar-refractivity contribution >= 4 is 31.7 Å². The van der Waals surface area contributed by atoms with Gasteiger partial charge in [0.1, 0.15) is 0 Å². The molecule has 1 fully saturated rings. The van der Waals surface area contributed by atoms with Crippen LogP contribution in [0.2, 0.25) is 0 Å². The highest BCUT2D eigenvalue weighted by atomic mass is 79.9. The van der Waals surface area contributed by atoms with Crippen molar-refractivity contribution in [2.75, 3.05) is 19.3 Å². The van der Waals surface area contributed by atoms with Crippen LogP contribution in [-0.2, 0) is 16.4 Å². The summed E-state index contributed by atoms with van der Waals surface area (Å²) in [5.74, 6) is -0.0113. The van der Waals surface area contributed by atoms with Gasteiger partial charge in [-0.3, -0.25) is 9.69 Å². The number of sulfone groups is 1. The number of rotatable bonds is 8. The molecule has 2 aromatic rings. The third-order valence-corrected chi connectivity index (χ3v) is 6.95. The summed E-state index contributed by atoms with van der Waals surface area (Å²) in [6, 6.07) is 14.7. The summed E-state index contributed by atoms with van der Waals surface area (Å²) in [5, 5.41) is 2.61. The zero-order chi connectivity index (χ0) is 19.4. The van der Waals surface area contributed by atoms with Crippen LogP contribution in [0, 0.1) is 0 Å². The second-order valence-electron chi connectivity index (χ2n) is 6.75. The first-order chi connectivity index (χ1) is 12.9. The van der Waals surface area contributed by atoms with Gasteiger partial charge in [-0.2, -0.15) is 0 Å². The molecule has 0 atom stereocenters. The molecule has 1 saturated carbocycles. The fraction of sp³-hybridized carbons (Fsp3) is 0.350. The van der Waals surface area contributed by atoms with Crippen LogP contribution >= 0.6 is 15.9 Å². The van der Waals surface area contributed by atoms with E-state index < -0.39 is 9.84 Å². The Morgan fingerprint density at radius 1 is 1.11 bits per heavy atom. The highest BCUT2D eigenvalue weighted by Gasteiger charge is 2.30. The Bertz CT molecular complexity index is 892. The van der Waals surface area contributed by atoms with Crippen LogP contribution in [-0.4, -0.2) is 44.6 Å². The monoisotopic (exact) mass is 450 g/mol. The molecule has 1 N–H and O–H groups in total. The molecule has 7 heteroatoms. The molecule has 0 radical (unpaired) electrons. The van der Waals surface area contributed by atoms with Crippen molar-refractivity contribution in [2.24, 2.45) is 0 Å². The first-order valence-corrected chi connectivity index (χ1v) is 11.4. The van der Waals surface area contributed by atoms with Crippen molar-refractivity contribution in [2.45, 2.75) is 30.3 Å². The van der Waals surface area contributed by atoms with Gasteiger partial charge >= 0.3 is 0 Å². The zero-order valence-electron chi connectivity index (χ0n) is 15.2. The van der Waals surface area contributed by atoms with E-state index in [1.807, 2.05) is 12.1 Å². The number of carbonyl (C=O) groups excluding carboxylic acids is 1. The van der Waals surface area contributed by atoms with Gasteiger partial charge in [0.15, 0.2) is 9.84 Å². The summed E-state index contributed by atoms with van der Waals surface area (Å²) in [6.45, 7) is 1.19. The quantitative estimate of drug-likeness (QED) is 0.669. The van der Waals surface area contributed by atoms with Crippen molar-refractivity contribution in [3.8, 4) is 0 Å². The lowest BCUT2D eigenvalue weighted by Crippen LogP contribution is -2.31. The summed E-state index contributed by atoms with van der Waals surface area (Å²) < 4.78 is 26.1. The van der Waals surface area contributed by atoms with Crippen LogP contribution in [0.3, 0.4) is 0 Å². The van der Waals surface area contributed by atoms with Crippen LogP contribution in [0.25, 0.3) is 0 Å². The molecular weight excluding hydrogens is 428 g/mol. The Kier molecular flexibility index (Phi) is 6.34. The van der Waals surface area contributed by atoms with Crippen molar-refractivity contribution in [3.63, 3.8) is 0 Å². The van der Waals surface area contributed by atoms with Gasteiger partial charge in [-0.05, 0) is 54.8 Å². The minimum absolute atomic E-state index is 0.0987. The number of hydrogen-bond donors (Lipinski definition) is 1. The van der Waals surface area contributed by atoms with E-state index >= 15 is 0 Å². The van der Waals surface area contributed by atoms with E-state index in [4.69, 9.17) is 0 Å². The van der Waals surface area contributed by atoms with Crippen LogP contribution in [0.4, 0.5) is 0 Å². The predicted octanol–water partition coefficient (Wildman–Crippen LogP) is 3.25. The zero-order valence-corrected chi connectivity index (χ0v) is 17.6. The highest BCUT2D eigenvalue weighted by Crippen LogP contribution is 2.28. The van der Waals surface area contributed by atoms with Crippen molar-refractivity contribution in [1.29, 1.82) is 0 Å². The summed E-state index contributed by atoms with van der Waals surface area (Å²) in [4.78, 5) is 14.2. The van der Waals surface area contributed by atoms with Gasteiger partial charge in [0.2, 0.25) is 0 Å². The molecule has 5 nitrogen and oxygen atoms in total. The topological polar surface area (TPSA) is 66.5 Å². The fourth-order valence-electron chi connectivity index (χ4n) is 2.97. The van der Waals surface area contributed by atoms with Gasteiger partial charge in [0.05, 0.1) is 10.6 Å². The van der Waals surface area contributed by atoms with Crippen LogP contribution < -0.4 is 5.32 Å². The van der Waals surface area contributed by atoms with Crippen LogP contribution in [0.5, 0.6) is 0 Å². The number of hydrogen-bond acceptors (Lipinski definition) is 4. The summed E-state index contributed by atoms with van der Waals surface area (Å²) in [6.07, 6.45) is 2.21. The average Bonchev–Trinajstić information content (AvgIpc) is 3.50. The highest BCUT2D eigenvalue weighted by molar-refractivity contribution is 9.10. The van der Waals surface area contributed by atoms with Gasteiger partial charge in [0, 0.05) is 36.2 Å². The van der Waals surface area contributed by atoms with E-state index in [0.29, 0.717) is 29.6 Å². The largest absolute Gasteiger partial charge is 0.355 e. The van der Waals surface area contributed by atoms with Crippen LogP contribution in [0.1, 0.15) is 28.8 Å². The van der Waals surface area contributed by atoms with E-state index in [0.717, 1.165) is 22.9 Å². The molecule has 2 aromatic carbocycles. The summed E-state index contributed by atoms with van der Waals surface area (Å²) in [5.41, 5.74) is 1.70. The molecule has 0 bridgehead atoms. The maximum absolute atomic E-state index is 12.6. The van der Waals surface area contributed by atoms with E-state index in [2.05, 4.69) is 26.1 Å². The molecule has 0 spiro atoms. The minimum atomic E-state index is -3.31. The Morgan fingerprint density at radius 3 is 2.30 bits per heavy atom. The van der Waals surface area contributed by atoms with Gasteiger partial charge in [-0.25, -0.2) is 8.42 Å². The molecular formula is C20H23BrN2O3S. The van der Waals surface area contributed by atoms with Gasteiger partial charge in [0.25, 0.3) is 5.91 Å². The van der Waals surface area contributed by atoms with E-state index in [-0.39, 0.29) is 11.7 Å². The normalized spacial score (nSPS) is 14.3. The Morgan fingerprint density at radius 2 is 1.74 bits per heavy atom. The summed E-state index contributed by atoms with van der Waals surface area (Å²) in [7, 11) is -1.70. The van der Waals surface area contributed by atoms with Crippen molar-refractivity contribution in [1.82, 2.24) is 10.2 Å². The lowest BCUT2D eigenvalue weighted by atomic mass is 10.1. The molecule has 1 aliphatic rings. The third kappa shape index (κ3) is 5.40. The van der Waals surface area contributed by atoms with E-state index in [9.17, 15) is 13.2 Å². The predicted molar refractivity (Wildman–Crippen MR) is 109 cm³/mol. The van der Waals surface area contributed by atoms with Crippen molar-refractivity contribution in [3.05, 3.63) is 64.1 Å². The molecule has 1 aliphatic carbocycles. The number of benzene rings is 2. The first kappa shape index (κ1) is 20.0. The maximum Gasteiger partial charge on any atom is 0.251 e. The Balaban J connectivity index is 1.64. The SMILES string of the molecule is CNC(=O)c1ccc(CN(CCS(=O)(=O)c2ccc(Br)cc2)C2CC2)cc1. The number of nitrogens with one attached hydrogen (secondary N) is 1. The van der Waals surface area contributed by atoms with Crippen LogP contribution in [0.15, 0.2) is 57.9 Å². The molecule has 0 aromatic heterocycles. The molecule has 0 saturated heterocycles. The second-order valence-corrected chi connectivity index (χ2v) is 9.78. The number of halogens is 1. The third-order valence-electron chi connectivity index (χ3n) is 4.71. The van der Waals surface area contributed by atoms with E-state index in [1.165, 1.54) is 0 Å². The van der Waals surface area contributed by atoms with Gasteiger partial charge < -0.3 is 5.32 Å². The standard InChI is InChI=1S/C20H23BrN2O3S/c1-22-20(24)16-4-2-15(3-5-16)14-23(18-8-9-18)12-13-27(25,26)19-10-6-17(21)7-11-19/h2-7,10-11,18H,8-9,12-14H2,1H3,(H,22,24). The molecule has 0 aliphatic heterocycles.